The number of nitrogens with one attached hydrogen (secondary N) is 1. The van der Waals surface area contributed by atoms with E-state index in [1.807, 2.05) is 57.2 Å². The summed E-state index contributed by atoms with van der Waals surface area (Å²) in [5.74, 6) is 0. The Morgan fingerprint density at radius 1 is 1.08 bits per heavy atom. The number of aryl methyl sites for hydroxylation is 1. The van der Waals surface area contributed by atoms with Gasteiger partial charge in [-0.15, -0.1) is 0 Å². The molecule has 0 saturated heterocycles. The lowest BCUT2D eigenvalue weighted by Crippen LogP contribution is -2.18. The van der Waals surface area contributed by atoms with Gasteiger partial charge in [0.1, 0.15) is 0 Å². The number of aromatic nitrogens is 2. The van der Waals surface area contributed by atoms with Gasteiger partial charge >= 0.3 is 0 Å². The Morgan fingerprint density at radius 3 is 2.44 bits per heavy atom. The molecule has 25 heavy (non-hydrogen) atoms. The van der Waals surface area contributed by atoms with Gasteiger partial charge in [-0.25, -0.2) is 4.68 Å². The van der Waals surface area contributed by atoms with Crippen molar-refractivity contribution in [2.75, 3.05) is 0 Å². The molecule has 3 aromatic rings. The van der Waals surface area contributed by atoms with E-state index in [1.54, 1.807) is 10.9 Å². The van der Waals surface area contributed by atoms with Gasteiger partial charge in [-0.05, 0) is 90.9 Å². The third-order valence-corrected chi connectivity index (χ3v) is 5.80. The summed E-state index contributed by atoms with van der Waals surface area (Å²) in [5, 5.41) is 3.16. The molecule has 1 aromatic heterocycles. The van der Waals surface area contributed by atoms with E-state index < -0.39 is 0 Å². The normalized spacial score (nSPS) is 11.4. The molecule has 0 aliphatic rings. The SMILES string of the molecule is Cc1[nH]n(-c2ccc(Br)c(C)c2C)c(=O)c1C=Nc1ccc(I)cc1. The van der Waals surface area contributed by atoms with Crippen molar-refractivity contribution in [3.8, 4) is 5.69 Å². The first kappa shape index (κ1) is 18.1. The van der Waals surface area contributed by atoms with Crippen molar-refractivity contribution in [3.05, 3.63) is 77.2 Å². The van der Waals surface area contributed by atoms with E-state index in [0.29, 0.717) is 5.56 Å². The van der Waals surface area contributed by atoms with Crippen LogP contribution in [0.25, 0.3) is 5.69 Å². The van der Waals surface area contributed by atoms with Gasteiger partial charge in [-0.3, -0.25) is 14.9 Å². The van der Waals surface area contributed by atoms with Gasteiger partial charge in [-0.1, -0.05) is 15.9 Å². The summed E-state index contributed by atoms with van der Waals surface area (Å²) >= 11 is 5.78. The van der Waals surface area contributed by atoms with Crippen molar-refractivity contribution in [1.29, 1.82) is 0 Å². The van der Waals surface area contributed by atoms with Crippen LogP contribution in [0.15, 0.2) is 50.7 Å². The van der Waals surface area contributed by atoms with Crippen LogP contribution in [0.4, 0.5) is 5.69 Å². The predicted molar refractivity (Wildman–Crippen MR) is 115 cm³/mol. The predicted octanol–water partition coefficient (Wildman–Crippen LogP) is 5.21. The average Bonchev–Trinajstić information content (AvgIpc) is 2.87. The van der Waals surface area contributed by atoms with Crippen LogP contribution in [-0.2, 0) is 0 Å². The molecular weight excluding hydrogens is 493 g/mol. The average molecular weight is 510 g/mol. The summed E-state index contributed by atoms with van der Waals surface area (Å²) in [7, 11) is 0. The molecule has 0 radical (unpaired) electrons. The number of halogens is 2. The van der Waals surface area contributed by atoms with Gasteiger partial charge in [0.15, 0.2) is 0 Å². The second-order valence-electron chi connectivity index (χ2n) is 5.84. The third kappa shape index (κ3) is 3.64. The molecule has 0 bridgehead atoms. The van der Waals surface area contributed by atoms with E-state index in [4.69, 9.17) is 0 Å². The first-order chi connectivity index (χ1) is 11.9. The molecular formula is C19H17BrIN3O. The Bertz CT molecular complexity index is 1020. The topological polar surface area (TPSA) is 50.1 Å². The number of H-pyrrole nitrogens is 1. The number of aromatic amines is 1. The first-order valence-corrected chi connectivity index (χ1v) is 9.63. The Balaban J connectivity index is 2.03. The molecule has 1 N–H and O–H groups in total. The van der Waals surface area contributed by atoms with Crippen molar-refractivity contribution < 1.29 is 0 Å². The summed E-state index contributed by atoms with van der Waals surface area (Å²) in [5.41, 5.74) is 5.10. The molecule has 4 nitrogen and oxygen atoms in total. The minimum atomic E-state index is -0.100. The van der Waals surface area contributed by atoms with Crippen LogP contribution in [0.3, 0.4) is 0 Å². The zero-order valence-electron chi connectivity index (χ0n) is 14.1. The molecule has 0 aliphatic heterocycles. The fraction of sp³-hybridized carbons (Fsp3) is 0.158. The van der Waals surface area contributed by atoms with Gasteiger partial charge in [-0.2, -0.15) is 0 Å². The molecule has 0 unspecified atom stereocenters. The fourth-order valence-corrected chi connectivity index (χ4v) is 3.35. The van der Waals surface area contributed by atoms with Gasteiger partial charge < -0.3 is 0 Å². The smallest absolute Gasteiger partial charge is 0.280 e. The molecule has 3 rings (SSSR count). The standard InChI is InChI=1S/C19H17BrIN3O/c1-11-12(2)18(9-8-17(11)20)24-19(25)16(13(3)23-24)10-22-15-6-4-14(21)5-7-15/h4-10,23H,1-3H3. The summed E-state index contributed by atoms with van der Waals surface area (Å²) < 4.78 is 3.77. The van der Waals surface area contributed by atoms with Crippen molar-refractivity contribution >= 4 is 50.4 Å². The molecule has 128 valence electrons. The summed E-state index contributed by atoms with van der Waals surface area (Å²) in [4.78, 5) is 17.3. The number of benzene rings is 2. The zero-order chi connectivity index (χ0) is 18.1. The lowest BCUT2D eigenvalue weighted by Gasteiger charge is -2.10. The largest absolute Gasteiger partial charge is 0.295 e. The molecule has 6 heteroatoms. The lowest BCUT2D eigenvalue weighted by atomic mass is 10.1. The maximum absolute atomic E-state index is 12.8. The molecule has 0 saturated carbocycles. The Hall–Kier alpha value is -1.67. The molecule has 1 heterocycles. The van der Waals surface area contributed by atoms with Crippen molar-refractivity contribution in [2.45, 2.75) is 20.8 Å². The molecule has 0 atom stereocenters. The van der Waals surface area contributed by atoms with E-state index in [9.17, 15) is 4.79 Å². The van der Waals surface area contributed by atoms with Crippen LogP contribution in [0.5, 0.6) is 0 Å². The molecule has 0 spiro atoms. The lowest BCUT2D eigenvalue weighted by molar-refractivity contribution is 0.827. The second-order valence-corrected chi connectivity index (χ2v) is 7.94. The highest BCUT2D eigenvalue weighted by Crippen LogP contribution is 2.24. The Morgan fingerprint density at radius 2 is 1.76 bits per heavy atom. The number of hydrogen-bond donors (Lipinski definition) is 1. The van der Waals surface area contributed by atoms with E-state index in [2.05, 4.69) is 48.6 Å². The van der Waals surface area contributed by atoms with E-state index in [1.165, 1.54) is 0 Å². The highest BCUT2D eigenvalue weighted by Gasteiger charge is 2.14. The number of hydrogen-bond acceptors (Lipinski definition) is 2. The van der Waals surface area contributed by atoms with E-state index in [0.717, 1.165) is 36.2 Å². The zero-order valence-corrected chi connectivity index (χ0v) is 17.8. The minimum absolute atomic E-state index is 0.100. The maximum Gasteiger partial charge on any atom is 0.280 e. The first-order valence-electron chi connectivity index (χ1n) is 7.76. The van der Waals surface area contributed by atoms with E-state index in [-0.39, 0.29) is 5.56 Å². The monoisotopic (exact) mass is 509 g/mol. The van der Waals surface area contributed by atoms with Gasteiger partial charge in [0.2, 0.25) is 0 Å². The minimum Gasteiger partial charge on any atom is -0.295 e. The number of nitrogens with zero attached hydrogens (tertiary/aromatic N) is 2. The van der Waals surface area contributed by atoms with Crippen LogP contribution in [-0.4, -0.2) is 16.0 Å². The third-order valence-electron chi connectivity index (χ3n) is 4.22. The van der Waals surface area contributed by atoms with E-state index >= 15 is 0 Å². The quantitative estimate of drug-likeness (QED) is 0.382. The van der Waals surface area contributed by atoms with Crippen molar-refractivity contribution in [2.24, 2.45) is 4.99 Å². The molecule has 0 aliphatic carbocycles. The van der Waals surface area contributed by atoms with Crippen LogP contribution < -0.4 is 5.56 Å². The summed E-state index contributed by atoms with van der Waals surface area (Å²) in [6.07, 6.45) is 1.63. The van der Waals surface area contributed by atoms with Crippen LogP contribution >= 0.6 is 38.5 Å². The summed E-state index contributed by atoms with van der Waals surface area (Å²) in [6, 6.07) is 11.7. The van der Waals surface area contributed by atoms with Gasteiger partial charge in [0.25, 0.3) is 5.56 Å². The fourth-order valence-electron chi connectivity index (χ4n) is 2.56. The van der Waals surface area contributed by atoms with Crippen LogP contribution in [0, 0.1) is 24.3 Å². The molecule has 2 aromatic carbocycles. The highest BCUT2D eigenvalue weighted by molar-refractivity contribution is 14.1. The van der Waals surface area contributed by atoms with Crippen molar-refractivity contribution in [3.63, 3.8) is 0 Å². The molecule has 0 amide bonds. The Labute approximate surface area is 168 Å². The van der Waals surface area contributed by atoms with Gasteiger partial charge in [0, 0.05) is 20.0 Å². The second kappa shape index (κ2) is 7.29. The van der Waals surface area contributed by atoms with Gasteiger partial charge in [0.05, 0.1) is 16.9 Å². The molecule has 0 fully saturated rings. The van der Waals surface area contributed by atoms with Crippen molar-refractivity contribution in [1.82, 2.24) is 9.78 Å². The number of rotatable bonds is 3. The van der Waals surface area contributed by atoms with Crippen LogP contribution in [0.2, 0.25) is 0 Å². The maximum atomic E-state index is 12.8. The summed E-state index contributed by atoms with van der Waals surface area (Å²) in [6.45, 7) is 5.93. The van der Waals surface area contributed by atoms with Crippen LogP contribution in [0.1, 0.15) is 22.4 Å². The number of aliphatic imine (C=N–C) groups is 1. The Kier molecular flexibility index (Phi) is 5.29. The highest BCUT2D eigenvalue weighted by atomic mass is 127.